The number of nitrogens with zero attached hydrogens (tertiary/aromatic N) is 2. The van der Waals surface area contributed by atoms with E-state index >= 15 is 0 Å². The molecule has 0 atom stereocenters. The van der Waals surface area contributed by atoms with Gasteiger partial charge in [0.15, 0.2) is 0 Å². The van der Waals surface area contributed by atoms with Gasteiger partial charge in [0.25, 0.3) is 0 Å². The van der Waals surface area contributed by atoms with E-state index in [0.29, 0.717) is 11.8 Å². The molecule has 0 spiro atoms. The van der Waals surface area contributed by atoms with E-state index in [0.717, 1.165) is 38.0 Å². The summed E-state index contributed by atoms with van der Waals surface area (Å²) >= 11 is 0. The van der Waals surface area contributed by atoms with Crippen molar-refractivity contribution in [3.63, 3.8) is 0 Å². The van der Waals surface area contributed by atoms with Crippen molar-refractivity contribution >= 4 is 6.21 Å². The van der Waals surface area contributed by atoms with Crippen LogP contribution >= 0.6 is 0 Å². The number of benzene rings is 2. The quantitative estimate of drug-likeness (QED) is 0.876. The van der Waals surface area contributed by atoms with E-state index in [1.807, 2.05) is 18.3 Å². The molecular weight excluding hydrogens is 272 g/mol. The Morgan fingerprint density at radius 1 is 1.00 bits per heavy atom. The molecule has 0 aliphatic carbocycles. The summed E-state index contributed by atoms with van der Waals surface area (Å²) in [4.78, 5) is 7.19. The Labute approximate surface area is 131 Å². The van der Waals surface area contributed by atoms with Crippen molar-refractivity contribution in [3.05, 3.63) is 65.7 Å². The lowest BCUT2D eigenvalue weighted by Crippen LogP contribution is -2.34. The molecule has 0 radical (unpaired) electrons. The van der Waals surface area contributed by atoms with Crippen molar-refractivity contribution in [2.45, 2.75) is 25.4 Å². The monoisotopic (exact) mass is 294 g/mol. The number of rotatable bonds is 4. The van der Waals surface area contributed by atoms with Gasteiger partial charge in [-0.05, 0) is 48.2 Å². The molecule has 0 amide bonds. The normalized spacial score (nSPS) is 17.1. The molecule has 3 nitrogen and oxygen atoms in total. The summed E-state index contributed by atoms with van der Waals surface area (Å²) in [6.07, 6.45) is 4.15. The molecular formula is C19H22N2O. The Kier molecular flexibility index (Phi) is 4.86. The van der Waals surface area contributed by atoms with Crippen LogP contribution in [0.2, 0.25) is 0 Å². The van der Waals surface area contributed by atoms with Gasteiger partial charge in [0, 0.05) is 25.8 Å². The van der Waals surface area contributed by atoms with E-state index in [-0.39, 0.29) is 0 Å². The molecule has 1 saturated heterocycles. The van der Waals surface area contributed by atoms with Crippen LogP contribution in [0.3, 0.4) is 0 Å². The van der Waals surface area contributed by atoms with Gasteiger partial charge >= 0.3 is 0 Å². The lowest BCUT2D eigenvalue weighted by atomic mass is 10.0. The number of aromatic hydroxyl groups is 1. The average molecular weight is 294 g/mol. The molecule has 1 aliphatic heterocycles. The van der Waals surface area contributed by atoms with Gasteiger partial charge in [-0.15, -0.1) is 0 Å². The third-order valence-corrected chi connectivity index (χ3v) is 4.13. The first-order chi connectivity index (χ1) is 10.8. The largest absolute Gasteiger partial charge is 0.508 e. The fourth-order valence-electron chi connectivity index (χ4n) is 2.82. The van der Waals surface area contributed by atoms with E-state index in [9.17, 15) is 5.11 Å². The predicted molar refractivity (Wildman–Crippen MR) is 90.4 cm³/mol. The minimum Gasteiger partial charge on any atom is -0.508 e. The number of piperidine rings is 1. The van der Waals surface area contributed by atoms with E-state index < -0.39 is 0 Å². The fraction of sp³-hybridized carbons (Fsp3) is 0.316. The number of aliphatic imine (C=N–C) groups is 1. The lowest BCUT2D eigenvalue weighted by molar-refractivity contribution is 0.206. The van der Waals surface area contributed by atoms with Gasteiger partial charge in [0.05, 0.1) is 6.04 Å². The van der Waals surface area contributed by atoms with Gasteiger partial charge in [-0.2, -0.15) is 0 Å². The third kappa shape index (κ3) is 4.18. The Morgan fingerprint density at radius 3 is 2.36 bits per heavy atom. The van der Waals surface area contributed by atoms with Crippen LogP contribution in [-0.4, -0.2) is 35.4 Å². The molecule has 0 unspecified atom stereocenters. The van der Waals surface area contributed by atoms with Crippen LogP contribution in [0.1, 0.15) is 24.0 Å². The molecule has 0 saturated carbocycles. The lowest BCUT2D eigenvalue weighted by Gasteiger charge is -2.30. The van der Waals surface area contributed by atoms with Crippen molar-refractivity contribution in [2.75, 3.05) is 13.1 Å². The van der Waals surface area contributed by atoms with Crippen LogP contribution < -0.4 is 0 Å². The zero-order chi connectivity index (χ0) is 15.2. The highest BCUT2D eigenvalue weighted by Crippen LogP contribution is 2.16. The second-order valence-corrected chi connectivity index (χ2v) is 5.86. The Morgan fingerprint density at radius 2 is 1.68 bits per heavy atom. The van der Waals surface area contributed by atoms with Crippen LogP contribution in [0, 0.1) is 0 Å². The highest BCUT2D eigenvalue weighted by Gasteiger charge is 2.17. The first-order valence-electron chi connectivity index (χ1n) is 7.88. The summed E-state index contributed by atoms with van der Waals surface area (Å²) < 4.78 is 0. The van der Waals surface area contributed by atoms with Crippen molar-refractivity contribution in [3.8, 4) is 5.75 Å². The molecule has 1 fully saturated rings. The highest BCUT2D eigenvalue weighted by molar-refractivity contribution is 5.79. The maximum absolute atomic E-state index is 9.27. The molecule has 3 rings (SSSR count). The van der Waals surface area contributed by atoms with E-state index in [1.165, 1.54) is 5.56 Å². The van der Waals surface area contributed by atoms with Crippen LogP contribution in [-0.2, 0) is 6.54 Å². The average Bonchev–Trinajstić information content (AvgIpc) is 2.57. The van der Waals surface area contributed by atoms with Crippen LogP contribution in [0.5, 0.6) is 5.75 Å². The third-order valence-electron chi connectivity index (χ3n) is 4.13. The van der Waals surface area contributed by atoms with Crippen molar-refractivity contribution in [2.24, 2.45) is 4.99 Å². The zero-order valence-electron chi connectivity index (χ0n) is 12.7. The second kappa shape index (κ2) is 7.23. The van der Waals surface area contributed by atoms with Crippen molar-refractivity contribution in [1.82, 2.24) is 4.90 Å². The topological polar surface area (TPSA) is 35.8 Å². The number of hydrogen-bond acceptors (Lipinski definition) is 3. The first-order valence-corrected chi connectivity index (χ1v) is 7.88. The van der Waals surface area contributed by atoms with Crippen LogP contribution in [0.4, 0.5) is 0 Å². The molecule has 1 N–H and O–H groups in total. The smallest absolute Gasteiger partial charge is 0.115 e. The summed E-state index contributed by atoms with van der Waals surface area (Å²) in [7, 11) is 0. The van der Waals surface area contributed by atoms with Crippen LogP contribution in [0.25, 0.3) is 0 Å². The minimum atomic E-state index is 0.298. The van der Waals surface area contributed by atoms with Gasteiger partial charge in [-0.3, -0.25) is 9.89 Å². The SMILES string of the molecule is Oc1ccc(C=NC2CCN(Cc3ccccc3)CC2)cc1. The summed E-state index contributed by atoms with van der Waals surface area (Å²) in [6, 6.07) is 18.2. The summed E-state index contributed by atoms with van der Waals surface area (Å²) in [5.74, 6) is 0.298. The minimum absolute atomic E-state index is 0.298. The van der Waals surface area contributed by atoms with Gasteiger partial charge < -0.3 is 5.11 Å². The van der Waals surface area contributed by atoms with E-state index in [4.69, 9.17) is 4.99 Å². The molecule has 22 heavy (non-hydrogen) atoms. The summed E-state index contributed by atoms with van der Waals surface area (Å²) in [5, 5.41) is 9.27. The molecule has 114 valence electrons. The van der Waals surface area contributed by atoms with Crippen molar-refractivity contribution < 1.29 is 5.11 Å². The Hall–Kier alpha value is -2.13. The highest BCUT2D eigenvalue weighted by atomic mass is 16.3. The van der Waals surface area contributed by atoms with Gasteiger partial charge in [0.2, 0.25) is 0 Å². The van der Waals surface area contributed by atoms with Crippen molar-refractivity contribution in [1.29, 1.82) is 0 Å². The maximum Gasteiger partial charge on any atom is 0.115 e. The zero-order valence-corrected chi connectivity index (χ0v) is 12.7. The molecule has 0 aromatic heterocycles. The van der Waals surface area contributed by atoms with Gasteiger partial charge in [-0.25, -0.2) is 0 Å². The Bertz CT molecular complexity index is 599. The first kappa shape index (κ1) is 14.8. The maximum atomic E-state index is 9.27. The molecule has 0 bridgehead atoms. The molecule has 1 heterocycles. The van der Waals surface area contributed by atoms with Crippen LogP contribution in [0.15, 0.2) is 59.6 Å². The summed E-state index contributed by atoms with van der Waals surface area (Å²) in [6.45, 7) is 3.24. The number of likely N-dealkylation sites (tertiary alicyclic amines) is 1. The van der Waals surface area contributed by atoms with E-state index in [1.54, 1.807) is 12.1 Å². The summed E-state index contributed by atoms with van der Waals surface area (Å²) in [5.41, 5.74) is 2.43. The molecule has 2 aromatic rings. The van der Waals surface area contributed by atoms with Gasteiger partial charge in [-0.1, -0.05) is 30.3 Å². The predicted octanol–water partition coefficient (Wildman–Crippen LogP) is 3.48. The number of phenolic OH excluding ortho intramolecular Hbond substituents is 1. The number of hydrogen-bond donors (Lipinski definition) is 1. The fourth-order valence-corrected chi connectivity index (χ4v) is 2.82. The molecule has 3 heteroatoms. The van der Waals surface area contributed by atoms with E-state index in [2.05, 4.69) is 35.2 Å². The molecule has 1 aliphatic rings. The van der Waals surface area contributed by atoms with Gasteiger partial charge in [0.1, 0.15) is 5.75 Å². The standard InChI is InChI=1S/C19H22N2O/c22-19-8-6-16(7-9-19)14-20-18-10-12-21(13-11-18)15-17-4-2-1-3-5-17/h1-9,14,18,22H,10-13,15H2. The Balaban J connectivity index is 1.48. The second-order valence-electron chi connectivity index (χ2n) is 5.86. The molecule has 2 aromatic carbocycles. The number of phenols is 1.